The minimum Gasteiger partial charge on any atom is -0.358 e. The Labute approximate surface area is 350 Å². The predicted molar refractivity (Wildman–Crippen MR) is 237 cm³/mol. The van der Waals surface area contributed by atoms with E-state index in [9.17, 15) is 5.53 Å². The van der Waals surface area contributed by atoms with Gasteiger partial charge in [0.2, 0.25) is 0 Å². The molecule has 0 heterocycles. The van der Waals surface area contributed by atoms with Gasteiger partial charge in [-0.3, -0.25) is 0 Å². The van der Waals surface area contributed by atoms with Crippen LogP contribution >= 0.6 is 0 Å². The van der Waals surface area contributed by atoms with Crippen molar-refractivity contribution < 1.29 is 25.2 Å². The van der Waals surface area contributed by atoms with E-state index in [0.29, 0.717) is 0 Å². The van der Waals surface area contributed by atoms with Crippen molar-refractivity contribution in [2.45, 2.75) is 201 Å². The quantitative estimate of drug-likeness (QED) is 0.0110. The van der Waals surface area contributed by atoms with Crippen LogP contribution in [0.4, 0.5) is 0 Å². The summed E-state index contributed by atoms with van der Waals surface area (Å²) in [6.45, 7) is 6.76. The smallest absolute Gasteiger partial charge is 0.358 e. The average molecular weight is 828 g/mol. The van der Waals surface area contributed by atoms with Crippen molar-refractivity contribution in [2.24, 2.45) is 0 Å². The van der Waals surface area contributed by atoms with E-state index in [1.165, 1.54) is 156 Å². The number of allylic oxidation sites excluding steroid dienone is 2. The molecule has 0 fully saturated rings. The molecule has 0 unspecified atom stereocenters. The maximum Gasteiger partial charge on any atom is 2.00 e. The van der Waals surface area contributed by atoms with Gasteiger partial charge < -0.3 is 20.4 Å². The number of aryl methyl sites for hydroxylation is 2. The molecule has 2 aromatic carbocycles. The van der Waals surface area contributed by atoms with E-state index in [4.69, 9.17) is 0 Å². The summed E-state index contributed by atoms with van der Waals surface area (Å²) in [4.78, 5) is 3.32. The standard InChI is InChI=1S/C49H74N2.2CH3.Pd/c1-4-7-10-11-12-13-14-15-16-17-18-19-20-21-22-23-24-25-26-27-28-30-37-46-38-31-32-40-48(46)49(42-45(43-51-50)35-29-8-5-2)47-39-33-36-44(41-47)34-9-6-3;;;/h31-33,36,38-42H,4-26,29-30,34-35,37H2,1-3H3;2*1H3;/q;2*-1;+2. The molecule has 0 aliphatic carbocycles. The molecular weight excluding hydrogens is 747 g/mol. The van der Waals surface area contributed by atoms with Crippen molar-refractivity contribution in [3.05, 3.63) is 103 Å². The van der Waals surface area contributed by atoms with Crippen LogP contribution in [-0.2, 0) is 33.3 Å². The Balaban J connectivity index is 0. The van der Waals surface area contributed by atoms with E-state index < -0.39 is 0 Å². The van der Waals surface area contributed by atoms with Gasteiger partial charge in [0, 0.05) is 12.8 Å². The number of nitrogens with zero attached hydrogens (tertiary/aromatic N) is 2. The largest absolute Gasteiger partial charge is 2.00 e. The summed E-state index contributed by atoms with van der Waals surface area (Å²) in [6, 6.07) is 17.8. The Morgan fingerprint density at radius 3 is 1.67 bits per heavy atom. The van der Waals surface area contributed by atoms with Gasteiger partial charge in [0.15, 0.2) is 0 Å². The molecule has 2 rings (SSSR count). The molecule has 0 radical (unpaired) electrons. The number of benzene rings is 2. The van der Waals surface area contributed by atoms with Crippen molar-refractivity contribution in [3.63, 3.8) is 0 Å². The normalized spacial score (nSPS) is 10.5. The third kappa shape index (κ3) is 26.4. The molecule has 0 amide bonds. The van der Waals surface area contributed by atoms with Crippen LogP contribution in [0.25, 0.3) is 11.1 Å². The fraction of sp³-hybridized carbons (Fsp3) is 0.608. The number of unbranched alkanes of at least 4 members (excludes halogenated alkanes) is 21. The first-order valence-corrected chi connectivity index (χ1v) is 21.5. The monoisotopic (exact) mass is 827 g/mol. The SMILES string of the molecule is CCCCCCCCCCCCCCCCCCCCC#CCCc1ccccc1C(=CC(=C=[N+]=[N-])CCCCC)c1cccc(CCCC)c1.[CH3-].[CH3-].[Pd+2]. The minimum atomic E-state index is 0. The molecule has 0 aliphatic heterocycles. The maximum atomic E-state index is 9.43. The molecule has 0 atom stereocenters. The molecule has 0 saturated carbocycles. The van der Waals surface area contributed by atoms with E-state index in [1.54, 1.807) is 0 Å². The predicted octanol–water partition coefficient (Wildman–Crippen LogP) is 16.1. The van der Waals surface area contributed by atoms with E-state index in [0.717, 1.165) is 56.9 Å². The zero-order chi connectivity index (χ0) is 36.5. The van der Waals surface area contributed by atoms with Crippen LogP contribution in [0.3, 0.4) is 0 Å². The zero-order valence-electron chi connectivity index (χ0n) is 35.7. The van der Waals surface area contributed by atoms with Crippen LogP contribution in [0, 0.1) is 26.7 Å². The van der Waals surface area contributed by atoms with Crippen molar-refractivity contribution in [1.82, 2.24) is 0 Å². The zero-order valence-corrected chi connectivity index (χ0v) is 37.3. The summed E-state index contributed by atoms with van der Waals surface area (Å²) < 4.78 is 0. The molecule has 2 nitrogen and oxygen atoms in total. The summed E-state index contributed by atoms with van der Waals surface area (Å²) in [5.41, 5.74) is 16.7. The van der Waals surface area contributed by atoms with Crippen molar-refractivity contribution in [2.75, 3.05) is 0 Å². The van der Waals surface area contributed by atoms with Crippen molar-refractivity contribution >= 4 is 11.4 Å². The van der Waals surface area contributed by atoms with Gasteiger partial charge in [-0.1, -0.05) is 198 Å². The molecular formula is C51H80N2Pd. The Hall–Kier alpha value is -2.44. The Bertz CT molecular complexity index is 1350. The fourth-order valence-electron chi connectivity index (χ4n) is 7.05. The molecule has 0 aromatic heterocycles. The summed E-state index contributed by atoms with van der Waals surface area (Å²) in [6.07, 6.45) is 38.1. The van der Waals surface area contributed by atoms with E-state index in [-0.39, 0.29) is 35.3 Å². The Morgan fingerprint density at radius 2 is 1.09 bits per heavy atom. The second-order valence-corrected chi connectivity index (χ2v) is 14.8. The minimum absolute atomic E-state index is 0. The van der Waals surface area contributed by atoms with Gasteiger partial charge in [-0.2, -0.15) is 0 Å². The molecule has 3 heteroatoms. The Morgan fingerprint density at radius 1 is 0.574 bits per heavy atom. The number of hydrogen-bond donors (Lipinski definition) is 0. The van der Waals surface area contributed by atoms with Gasteiger partial charge >= 0.3 is 26.3 Å². The second-order valence-electron chi connectivity index (χ2n) is 14.8. The first-order valence-electron chi connectivity index (χ1n) is 21.5. The van der Waals surface area contributed by atoms with Crippen LogP contribution < -0.4 is 0 Å². The van der Waals surface area contributed by atoms with Crippen LogP contribution in [0.5, 0.6) is 0 Å². The Kier molecular flexibility index (Phi) is 38.6. The van der Waals surface area contributed by atoms with Gasteiger partial charge in [-0.25, -0.2) is 0 Å². The molecule has 0 aliphatic rings. The average Bonchev–Trinajstić information content (AvgIpc) is 3.15. The van der Waals surface area contributed by atoms with E-state index in [1.807, 2.05) is 0 Å². The molecule has 0 spiro atoms. The van der Waals surface area contributed by atoms with Crippen LogP contribution in [0.1, 0.15) is 210 Å². The maximum absolute atomic E-state index is 9.43. The third-order valence-corrected chi connectivity index (χ3v) is 10.2. The molecule has 54 heavy (non-hydrogen) atoms. The van der Waals surface area contributed by atoms with Gasteiger partial charge in [-0.15, -0.1) is 16.6 Å². The first-order chi connectivity index (χ1) is 25.2. The summed E-state index contributed by atoms with van der Waals surface area (Å²) >= 11 is 0. The molecule has 2 aromatic rings. The molecule has 0 N–H and O–H groups in total. The van der Waals surface area contributed by atoms with Crippen LogP contribution in [0.2, 0.25) is 0 Å². The van der Waals surface area contributed by atoms with Gasteiger partial charge in [0.1, 0.15) is 0 Å². The van der Waals surface area contributed by atoms with Crippen LogP contribution in [0.15, 0.2) is 60.2 Å². The van der Waals surface area contributed by atoms with Gasteiger partial charge in [-0.05, 0) is 72.4 Å². The van der Waals surface area contributed by atoms with E-state index >= 15 is 0 Å². The van der Waals surface area contributed by atoms with Gasteiger partial charge in [0.05, 0.1) is 5.57 Å². The van der Waals surface area contributed by atoms with Gasteiger partial charge in [0.25, 0.3) is 0 Å². The number of hydrogen-bond acceptors (Lipinski definition) is 0. The summed E-state index contributed by atoms with van der Waals surface area (Å²) in [5.74, 6) is 9.85. The topological polar surface area (TPSA) is 36.4 Å². The summed E-state index contributed by atoms with van der Waals surface area (Å²) in [7, 11) is 0. The number of rotatable bonds is 30. The van der Waals surface area contributed by atoms with Crippen LogP contribution in [-0.4, -0.2) is 10.7 Å². The summed E-state index contributed by atoms with van der Waals surface area (Å²) in [5, 5.41) is 0. The molecule has 0 bridgehead atoms. The second kappa shape index (κ2) is 38.8. The van der Waals surface area contributed by atoms with E-state index in [2.05, 4.69) is 97.9 Å². The fourth-order valence-corrected chi connectivity index (χ4v) is 7.05. The third-order valence-electron chi connectivity index (χ3n) is 10.2. The van der Waals surface area contributed by atoms with Crippen molar-refractivity contribution in [3.8, 4) is 11.8 Å². The van der Waals surface area contributed by atoms with Crippen molar-refractivity contribution in [1.29, 1.82) is 0 Å². The first kappa shape index (κ1) is 53.7. The molecule has 0 saturated heterocycles. The molecule has 304 valence electrons.